The Morgan fingerprint density at radius 1 is 1.39 bits per heavy atom. The Labute approximate surface area is 136 Å². The molecule has 23 heavy (non-hydrogen) atoms. The van der Waals surface area contributed by atoms with E-state index in [1.165, 1.54) is 0 Å². The summed E-state index contributed by atoms with van der Waals surface area (Å²) in [6.45, 7) is 6.30. The van der Waals surface area contributed by atoms with Crippen LogP contribution in [-0.4, -0.2) is 37.5 Å². The Morgan fingerprint density at radius 2 is 2.17 bits per heavy atom. The van der Waals surface area contributed by atoms with Gasteiger partial charge in [0.2, 0.25) is 0 Å². The van der Waals surface area contributed by atoms with Crippen LogP contribution in [-0.2, 0) is 13.7 Å². The number of nitrogens with one attached hydrogen (secondary N) is 1. The second-order valence-corrected chi connectivity index (χ2v) is 5.63. The minimum absolute atomic E-state index is 0.0475. The summed E-state index contributed by atoms with van der Waals surface area (Å²) in [5.41, 5.74) is 1.93. The molecule has 0 bridgehead atoms. The highest BCUT2D eigenvalue weighted by molar-refractivity contribution is 5.49. The van der Waals surface area contributed by atoms with E-state index in [0.717, 1.165) is 24.2 Å². The number of hydrogen-bond acceptors (Lipinski definition) is 6. The number of aliphatic hydroxyl groups is 1. The second kappa shape index (κ2) is 7.92. The van der Waals surface area contributed by atoms with Gasteiger partial charge in [-0.3, -0.25) is 4.68 Å². The molecule has 0 amide bonds. The van der Waals surface area contributed by atoms with Gasteiger partial charge in [0.05, 0.1) is 18.8 Å². The van der Waals surface area contributed by atoms with Crippen molar-refractivity contribution in [2.24, 2.45) is 7.05 Å². The van der Waals surface area contributed by atoms with E-state index >= 15 is 0 Å². The highest BCUT2D eigenvalue weighted by atomic mass is 16.5. The average Bonchev–Trinajstić information content (AvgIpc) is 2.84. The SMILES string of the molecule is CCCC(CO)Nc1nc(C)ncc1OCc1cc(C)n(C)n1. The third kappa shape index (κ3) is 4.66. The largest absolute Gasteiger partial charge is 0.482 e. The Hall–Kier alpha value is -2.15. The van der Waals surface area contributed by atoms with Gasteiger partial charge in [-0.2, -0.15) is 5.10 Å². The summed E-state index contributed by atoms with van der Waals surface area (Å²) in [4.78, 5) is 8.58. The van der Waals surface area contributed by atoms with Gasteiger partial charge in [-0.25, -0.2) is 9.97 Å². The van der Waals surface area contributed by atoms with Crippen LogP contribution in [0.25, 0.3) is 0 Å². The maximum atomic E-state index is 9.46. The number of rotatable bonds is 8. The second-order valence-electron chi connectivity index (χ2n) is 5.63. The van der Waals surface area contributed by atoms with Crippen LogP contribution in [0.5, 0.6) is 5.75 Å². The van der Waals surface area contributed by atoms with Crippen molar-refractivity contribution in [2.75, 3.05) is 11.9 Å². The predicted octanol–water partition coefficient (Wildman–Crippen LogP) is 1.98. The standard InChI is InChI=1S/C16H25N5O2/c1-5-6-13(9-22)19-16-15(8-17-12(3)18-16)23-10-14-7-11(2)21(4)20-14/h7-8,13,22H,5-6,9-10H2,1-4H3,(H,17,18,19). The smallest absolute Gasteiger partial charge is 0.180 e. The lowest BCUT2D eigenvalue weighted by Gasteiger charge is -2.18. The van der Waals surface area contributed by atoms with Crippen molar-refractivity contribution in [1.82, 2.24) is 19.7 Å². The molecule has 0 aliphatic rings. The molecule has 0 fully saturated rings. The minimum Gasteiger partial charge on any atom is -0.482 e. The molecule has 1 atom stereocenters. The molecule has 2 aromatic heterocycles. The molecule has 0 spiro atoms. The molecule has 0 aromatic carbocycles. The van der Waals surface area contributed by atoms with Crippen molar-refractivity contribution in [3.05, 3.63) is 29.5 Å². The number of ether oxygens (including phenoxy) is 1. The minimum atomic E-state index is -0.0475. The van der Waals surface area contributed by atoms with Crippen LogP contribution in [0, 0.1) is 13.8 Å². The summed E-state index contributed by atoms with van der Waals surface area (Å²) < 4.78 is 7.64. The number of aliphatic hydroxyl groups excluding tert-OH is 1. The first-order chi connectivity index (χ1) is 11.0. The van der Waals surface area contributed by atoms with Crippen molar-refractivity contribution in [1.29, 1.82) is 0 Å². The van der Waals surface area contributed by atoms with E-state index in [0.29, 0.717) is 24.0 Å². The van der Waals surface area contributed by atoms with E-state index in [4.69, 9.17) is 4.74 Å². The molecule has 2 aromatic rings. The molecule has 2 N–H and O–H groups in total. The molecule has 7 nitrogen and oxygen atoms in total. The predicted molar refractivity (Wildman–Crippen MR) is 88.5 cm³/mol. The first-order valence-corrected chi connectivity index (χ1v) is 7.86. The van der Waals surface area contributed by atoms with Gasteiger partial charge in [0, 0.05) is 12.7 Å². The lowest BCUT2D eigenvalue weighted by molar-refractivity contribution is 0.266. The lowest BCUT2D eigenvalue weighted by Crippen LogP contribution is -2.24. The topological polar surface area (TPSA) is 85.1 Å². The molecular weight excluding hydrogens is 294 g/mol. The van der Waals surface area contributed by atoms with Gasteiger partial charge in [0.25, 0.3) is 0 Å². The van der Waals surface area contributed by atoms with Gasteiger partial charge in [-0.05, 0) is 26.3 Å². The molecule has 7 heteroatoms. The molecule has 0 saturated heterocycles. The molecule has 0 saturated carbocycles. The maximum Gasteiger partial charge on any atom is 0.180 e. The zero-order valence-electron chi connectivity index (χ0n) is 14.2. The van der Waals surface area contributed by atoms with Crippen LogP contribution >= 0.6 is 0 Å². The van der Waals surface area contributed by atoms with Gasteiger partial charge >= 0.3 is 0 Å². The normalized spacial score (nSPS) is 12.2. The summed E-state index contributed by atoms with van der Waals surface area (Å²) in [6, 6.07) is 1.93. The average molecular weight is 319 g/mol. The fourth-order valence-electron chi connectivity index (χ4n) is 2.28. The molecule has 2 rings (SSSR count). The highest BCUT2D eigenvalue weighted by Gasteiger charge is 2.13. The number of anilines is 1. The zero-order chi connectivity index (χ0) is 16.8. The van der Waals surface area contributed by atoms with Crippen molar-refractivity contribution >= 4 is 5.82 Å². The van der Waals surface area contributed by atoms with Gasteiger partial charge in [0.15, 0.2) is 11.6 Å². The Bertz CT molecular complexity index is 622. The van der Waals surface area contributed by atoms with Crippen LogP contribution < -0.4 is 10.1 Å². The van der Waals surface area contributed by atoms with Gasteiger partial charge in [0.1, 0.15) is 18.1 Å². The number of hydrogen-bond donors (Lipinski definition) is 2. The molecule has 1 unspecified atom stereocenters. The summed E-state index contributed by atoms with van der Waals surface area (Å²) in [6.07, 6.45) is 3.49. The molecule has 126 valence electrons. The third-order valence-electron chi connectivity index (χ3n) is 3.61. The van der Waals surface area contributed by atoms with E-state index in [1.54, 1.807) is 6.20 Å². The fourth-order valence-corrected chi connectivity index (χ4v) is 2.28. The van der Waals surface area contributed by atoms with Crippen molar-refractivity contribution in [3.63, 3.8) is 0 Å². The van der Waals surface area contributed by atoms with Crippen LogP contribution in [0.2, 0.25) is 0 Å². The summed E-state index contributed by atoms with van der Waals surface area (Å²) in [5, 5.41) is 17.1. The van der Waals surface area contributed by atoms with Crippen LogP contribution in [0.1, 0.15) is 37.0 Å². The molecule has 2 heterocycles. The summed E-state index contributed by atoms with van der Waals surface area (Å²) in [5.74, 6) is 1.83. The molecular formula is C16H25N5O2. The molecule has 0 radical (unpaired) electrons. The maximum absolute atomic E-state index is 9.46. The van der Waals surface area contributed by atoms with Crippen molar-refractivity contribution in [3.8, 4) is 5.75 Å². The van der Waals surface area contributed by atoms with E-state index in [1.807, 2.05) is 31.6 Å². The Kier molecular flexibility index (Phi) is 5.92. The van der Waals surface area contributed by atoms with E-state index in [9.17, 15) is 5.11 Å². The number of aromatic nitrogens is 4. The third-order valence-corrected chi connectivity index (χ3v) is 3.61. The van der Waals surface area contributed by atoms with Crippen LogP contribution in [0.3, 0.4) is 0 Å². The van der Waals surface area contributed by atoms with Crippen LogP contribution in [0.4, 0.5) is 5.82 Å². The van der Waals surface area contributed by atoms with Crippen LogP contribution in [0.15, 0.2) is 12.3 Å². The molecule has 0 aliphatic carbocycles. The zero-order valence-corrected chi connectivity index (χ0v) is 14.2. The first kappa shape index (κ1) is 17.2. The van der Waals surface area contributed by atoms with Crippen molar-refractivity contribution in [2.45, 2.75) is 46.3 Å². The quantitative estimate of drug-likeness (QED) is 0.774. The number of nitrogens with zero attached hydrogens (tertiary/aromatic N) is 4. The Balaban J connectivity index is 2.11. The fraction of sp³-hybridized carbons (Fsp3) is 0.562. The highest BCUT2D eigenvalue weighted by Crippen LogP contribution is 2.23. The van der Waals surface area contributed by atoms with Crippen molar-refractivity contribution < 1.29 is 9.84 Å². The lowest BCUT2D eigenvalue weighted by atomic mass is 10.2. The van der Waals surface area contributed by atoms with Gasteiger partial charge in [-0.1, -0.05) is 13.3 Å². The molecule has 0 aliphatic heterocycles. The Morgan fingerprint density at radius 3 is 2.78 bits per heavy atom. The summed E-state index contributed by atoms with van der Waals surface area (Å²) in [7, 11) is 1.90. The van der Waals surface area contributed by atoms with Gasteiger partial charge in [-0.15, -0.1) is 0 Å². The monoisotopic (exact) mass is 319 g/mol. The van der Waals surface area contributed by atoms with E-state index in [2.05, 4.69) is 27.3 Å². The number of aryl methyl sites for hydroxylation is 3. The van der Waals surface area contributed by atoms with Gasteiger partial charge < -0.3 is 15.2 Å². The van der Waals surface area contributed by atoms with E-state index in [-0.39, 0.29) is 12.6 Å². The first-order valence-electron chi connectivity index (χ1n) is 7.86. The van der Waals surface area contributed by atoms with E-state index < -0.39 is 0 Å². The summed E-state index contributed by atoms with van der Waals surface area (Å²) >= 11 is 0.